The smallest absolute Gasteiger partial charge is 0.266 e. The molecule has 8 nitrogen and oxygen atoms in total. The Morgan fingerprint density at radius 1 is 1.29 bits per heavy atom. The van der Waals surface area contributed by atoms with Crippen LogP contribution in [0.1, 0.15) is 42.0 Å². The molecule has 4 rings (SSSR count). The third kappa shape index (κ3) is 4.71. The molecule has 1 saturated heterocycles. The third-order valence-electron chi connectivity index (χ3n) is 5.23. The van der Waals surface area contributed by atoms with E-state index in [9.17, 15) is 18.1 Å². The van der Waals surface area contributed by atoms with Crippen molar-refractivity contribution in [2.24, 2.45) is 0 Å². The van der Waals surface area contributed by atoms with Gasteiger partial charge in [0.2, 0.25) is 5.13 Å². The number of hydrogen-bond donors (Lipinski definition) is 1. The summed E-state index contributed by atoms with van der Waals surface area (Å²) in [5.74, 6) is -0.913. The fourth-order valence-corrected chi connectivity index (χ4v) is 5.53. The largest absolute Gasteiger partial charge is 0.292 e. The van der Waals surface area contributed by atoms with Crippen molar-refractivity contribution >= 4 is 26.7 Å². The summed E-state index contributed by atoms with van der Waals surface area (Å²) < 4.78 is 46.0. The molecule has 1 aromatic carbocycles. The van der Waals surface area contributed by atoms with E-state index in [0.717, 1.165) is 55.0 Å². The van der Waals surface area contributed by atoms with Crippen LogP contribution < -0.4 is 4.72 Å². The molecule has 160 valence electrons. The van der Waals surface area contributed by atoms with Crippen molar-refractivity contribution in [3.8, 4) is 6.07 Å². The van der Waals surface area contributed by atoms with Crippen LogP contribution in [-0.2, 0) is 16.6 Å². The first kappa shape index (κ1) is 21.3. The summed E-state index contributed by atoms with van der Waals surface area (Å²) in [7, 11) is -4.24. The summed E-state index contributed by atoms with van der Waals surface area (Å²) in [5.41, 5.74) is 1.70. The quantitative estimate of drug-likeness (QED) is 0.602. The number of anilines is 1. The van der Waals surface area contributed by atoms with Crippen LogP contribution >= 0.6 is 11.5 Å². The van der Waals surface area contributed by atoms with Gasteiger partial charge in [-0.05, 0) is 54.8 Å². The van der Waals surface area contributed by atoms with Gasteiger partial charge >= 0.3 is 0 Å². The van der Waals surface area contributed by atoms with Crippen molar-refractivity contribution < 1.29 is 12.8 Å². The Morgan fingerprint density at radius 2 is 2.10 bits per heavy atom. The summed E-state index contributed by atoms with van der Waals surface area (Å²) in [6.07, 6.45) is 7.72. The van der Waals surface area contributed by atoms with E-state index in [-0.39, 0.29) is 16.7 Å². The minimum Gasteiger partial charge on any atom is -0.292 e. The van der Waals surface area contributed by atoms with Crippen molar-refractivity contribution in [1.82, 2.24) is 19.2 Å². The number of piperidine rings is 1. The van der Waals surface area contributed by atoms with Gasteiger partial charge in [0.15, 0.2) is 0 Å². The number of rotatable bonds is 6. The predicted molar refractivity (Wildman–Crippen MR) is 113 cm³/mol. The number of aromatic nitrogens is 3. The highest BCUT2D eigenvalue weighted by molar-refractivity contribution is 7.93. The lowest BCUT2D eigenvalue weighted by Crippen LogP contribution is -2.33. The number of nitriles is 1. The molecule has 1 unspecified atom stereocenters. The molecule has 3 heterocycles. The van der Waals surface area contributed by atoms with E-state index in [2.05, 4.69) is 24.0 Å². The molecular weight excluding hydrogens is 439 g/mol. The van der Waals surface area contributed by atoms with Gasteiger partial charge < -0.3 is 0 Å². The molecule has 1 aliphatic heterocycles. The molecule has 31 heavy (non-hydrogen) atoms. The van der Waals surface area contributed by atoms with Crippen LogP contribution in [0, 0.1) is 17.1 Å². The van der Waals surface area contributed by atoms with Crippen molar-refractivity contribution in [2.45, 2.75) is 36.7 Å². The second-order valence-corrected chi connectivity index (χ2v) is 9.60. The lowest BCUT2D eigenvalue weighted by molar-refractivity contribution is 0.140. The summed E-state index contributed by atoms with van der Waals surface area (Å²) in [6, 6.07) is 8.30. The van der Waals surface area contributed by atoms with E-state index in [1.165, 1.54) is 6.33 Å². The van der Waals surface area contributed by atoms with Crippen molar-refractivity contribution in [2.75, 3.05) is 11.3 Å². The van der Waals surface area contributed by atoms with E-state index in [1.54, 1.807) is 12.4 Å². The molecule has 0 bridgehead atoms. The highest BCUT2D eigenvalue weighted by Gasteiger charge is 2.27. The van der Waals surface area contributed by atoms with Crippen LogP contribution in [0.25, 0.3) is 0 Å². The molecule has 0 amide bonds. The van der Waals surface area contributed by atoms with Gasteiger partial charge in [-0.3, -0.25) is 14.6 Å². The summed E-state index contributed by atoms with van der Waals surface area (Å²) in [4.78, 5) is 9.42. The first-order chi connectivity index (χ1) is 15.0. The van der Waals surface area contributed by atoms with E-state index < -0.39 is 20.7 Å². The lowest BCUT2D eigenvalue weighted by atomic mass is 9.95. The average molecular weight is 459 g/mol. The zero-order valence-corrected chi connectivity index (χ0v) is 18.0. The Hall–Kier alpha value is -2.94. The summed E-state index contributed by atoms with van der Waals surface area (Å²) in [5, 5.41) is 9.66. The fraction of sp³-hybridized carbons (Fsp3) is 0.300. The minimum absolute atomic E-state index is 0.0236. The van der Waals surface area contributed by atoms with Gasteiger partial charge in [0.25, 0.3) is 10.0 Å². The normalized spacial score (nSPS) is 17.2. The number of likely N-dealkylation sites (tertiary alicyclic amines) is 1. The van der Waals surface area contributed by atoms with Gasteiger partial charge in [0.05, 0.1) is 11.6 Å². The van der Waals surface area contributed by atoms with Crippen LogP contribution in [-0.4, -0.2) is 34.2 Å². The molecule has 11 heteroatoms. The minimum atomic E-state index is -4.24. The van der Waals surface area contributed by atoms with E-state index in [4.69, 9.17) is 0 Å². The molecule has 0 aliphatic carbocycles. The SMILES string of the molecule is N#Cc1cc(S(=O)(=O)Nc2ncns2)c(F)cc1CN1CCCCC1c1ccncc1. The molecule has 1 atom stereocenters. The van der Waals surface area contributed by atoms with Crippen molar-refractivity contribution in [3.05, 3.63) is 65.5 Å². The Kier molecular flexibility index (Phi) is 6.22. The van der Waals surface area contributed by atoms with E-state index >= 15 is 0 Å². The highest BCUT2D eigenvalue weighted by atomic mass is 32.2. The number of hydrogen-bond acceptors (Lipinski definition) is 8. The summed E-state index contributed by atoms with van der Waals surface area (Å²) in [6.45, 7) is 1.15. The molecule has 0 spiro atoms. The predicted octanol–water partition coefficient (Wildman–Crippen LogP) is 3.47. The van der Waals surface area contributed by atoms with Gasteiger partial charge in [-0.25, -0.2) is 17.8 Å². The van der Waals surface area contributed by atoms with E-state index in [1.807, 2.05) is 18.2 Å². The van der Waals surface area contributed by atoms with Gasteiger partial charge in [-0.15, -0.1) is 0 Å². The van der Waals surface area contributed by atoms with Crippen LogP contribution in [0.2, 0.25) is 0 Å². The van der Waals surface area contributed by atoms with Crippen LogP contribution in [0.5, 0.6) is 0 Å². The maximum atomic E-state index is 14.9. The number of nitrogens with zero attached hydrogens (tertiary/aromatic N) is 5. The van der Waals surface area contributed by atoms with Gasteiger partial charge in [-0.1, -0.05) is 6.42 Å². The zero-order valence-electron chi connectivity index (χ0n) is 16.4. The third-order valence-corrected chi connectivity index (χ3v) is 7.29. The Labute approximate surface area is 183 Å². The standard InChI is InChI=1S/C20H19FN6O2S2/c21-17-9-16(12-27-8-2-1-3-18(27)14-4-6-23-7-5-14)15(11-22)10-19(17)31(28,29)26-20-24-13-25-30-20/h4-7,9-10,13,18H,1-3,8,12H2,(H,24,25,26). The topological polar surface area (TPSA) is 112 Å². The first-order valence-electron chi connectivity index (χ1n) is 9.64. The number of sulfonamides is 1. The highest BCUT2D eigenvalue weighted by Crippen LogP contribution is 2.33. The van der Waals surface area contributed by atoms with Crippen LogP contribution in [0.15, 0.2) is 47.9 Å². The Morgan fingerprint density at radius 3 is 2.81 bits per heavy atom. The van der Waals surface area contributed by atoms with E-state index in [0.29, 0.717) is 12.1 Å². The van der Waals surface area contributed by atoms with Crippen molar-refractivity contribution in [3.63, 3.8) is 0 Å². The number of pyridine rings is 1. The maximum Gasteiger partial charge on any atom is 0.266 e. The molecule has 0 saturated carbocycles. The Balaban J connectivity index is 1.63. The van der Waals surface area contributed by atoms with Crippen molar-refractivity contribution in [1.29, 1.82) is 5.26 Å². The molecule has 3 aromatic rings. The average Bonchev–Trinajstić information content (AvgIpc) is 3.27. The van der Waals surface area contributed by atoms with Crippen LogP contribution in [0.3, 0.4) is 0 Å². The first-order valence-corrected chi connectivity index (χ1v) is 11.9. The molecule has 0 radical (unpaired) electrons. The number of benzene rings is 1. The summed E-state index contributed by atoms with van der Waals surface area (Å²) >= 11 is 0.835. The van der Waals surface area contributed by atoms with Gasteiger partial charge in [0, 0.05) is 36.5 Å². The zero-order chi connectivity index (χ0) is 21.8. The number of nitrogens with one attached hydrogen (secondary N) is 1. The Bertz CT molecular complexity index is 1200. The maximum absolute atomic E-state index is 14.9. The number of halogens is 1. The molecule has 2 aromatic heterocycles. The van der Waals surface area contributed by atoms with Gasteiger partial charge in [0.1, 0.15) is 17.0 Å². The van der Waals surface area contributed by atoms with Crippen LogP contribution in [0.4, 0.5) is 9.52 Å². The molecule has 1 N–H and O–H groups in total. The molecule has 1 fully saturated rings. The fourth-order valence-electron chi connectivity index (χ4n) is 3.79. The second kappa shape index (κ2) is 9.05. The lowest BCUT2D eigenvalue weighted by Gasteiger charge is -2.36. The monoisotopic (exact) mass is 458 g/mol. The molecule has 1 aliphatic rings. The second-order valence-electron chi connectivity index (χ2n) is 7.17. The molecular formula is C20H19FN6O2S2. The van der Waals surface area contributed by atoms with Gasteiger partial charge in [-0.2, -0.15) is 9.64 Å².